The van der Waals surface area contributed by atoms with E-state index in [4.69, 9.17) is 10.00 Å². The van der Waals surface area contributed by atoms with Crippen LogP contribution in [0, 0.1) is 11.5 Å². The topological polar surface area (TPSA) is 36.3 Å². The first kappa shape index (κ1) is 12.4. The molecule has 0 saturated heterocycles. The van der Waals surface area contributed by atoms with Crippen molar-refractivity contribution in [2.45, 2.75) is 26.2 Å². The lowest BCUT2D eigenvalue weighted by Gasteiger charge is -2.23. The standard InChI is InChI=1S/C13H18N2O/c1-13(2,3)11-8-10(15(4)9-14)6-7-12(11)16-5/h6-8H,1-5H3. The van der Waals surface area contributed by atoms with Crippen LogP contribution in [0.3, 0.4) is 0 Å². The van der Waals surface area contributed by atoms with Gasteiger partial charge < -0.3 is 4.74 Å². The van der Waals surface area contributed by atoms with Crippen LogP contribution in [0.2, 0.25) is 0 Å². The van der Waals surface area contributed by atoms with Gasteiger partial charge in [0.1, 0.15) is 5.75 Å². The zero-order valence-corrected chi connectivity index (χ0v) is 10.5. The molecule has 0 aliphatic rings. The van der Waals surface area contributed by atoms with E-state index in [0.717, 1.165) is 17.0 Å². The van der Waals surface area contributed by atoms with Gasteiger partial charge in [-0.25, -0.2) is 0 Å². The molecule has 0 N–H and O–H groups in total. The van der Waals surface area contributed by atoms with Crippen molar-refractivity contribution in [3.05, 3.63) is 23.8 Å². The molecule has 0 heterocycles. The first-order valence-electron chi connectivity index (χ1n) is 5.22. The van der Waals surface area contributed by atoms with Crippen LogP contribution >= 0.6 is 0 Å². The van der Waals surface area contributed by atoms with Gasteiger partial charge in [-0.15, -0.1) is 0 Å². The van der Waals surface area contributed by atoms with Gasteiger partial charge in [0.25, 0.3) is 0 Å². The van der Waals surface area contributed by atoms with Gasteiger partial charge in [0, 0.05) is 12.6 Å². The van der Waals surface area contributed by atoms with Crippen molar-refractivity contribution in [2.75, 3.05) is 19.1 Å². The van der Waals surface area contributed by atoms with Crippen molar-refractivity contribution < 1.29 is 4.74 Å². The average molecular weight is 218 g/mol. The summed E-state index contributed by atoms with van der Waals surface area (Å²) >= 11 is 0. The van der Waals surface area contributed by atoms with Crippen LogP contribution in [-0.4, -0.2) is 14.2 Å². The normalized spacial score (nSPS) is 10.8. The highest BCUT2D eigenvalue weighted by Gasteiger charge is 2.19. The number of benzene rings is 1. The summed E-state index contributed by atoms with van der Waals surface area (Å²) in [5.41, 5.74) is 1.99. The number of hydrogen-bond donors (Lipinski definition) is 0. The third-order valence-corrected chi connectivity index (χ3v) is 2.53. The van der Waals surface area contributed by atoms with E-state index in [9.17, 15) is 0 Å². The highest BCUT2D eigenvalue weighted by atomic mass is 16.5. The van der Waals surface area contributed by atoms with E-state index < -0.39 is 0 Å². The molecule has 0 aliphatic carbocycles. The number of rotatable bonds is 2. The number of anilines is 1. The molecule has 1 aromatic rings. The Morgan fingerprint density at radius 3 is 2.38 bits per heavy atom. The molecule has 0 fully saturated rings. The van der Waals surface area contributed by atoms with Crippen molar-refractivity contribution in [3.63, 3.8) is 0 Å². The molecule has 86 valence electrons. The molecule has 0 unspecified atom stereocenters. The van der Waals surface area contributed by atoms with E-state index in [1.54, 1.807) is 14.2 Å². The third kappa shape index (κ3) is 2.46. The van der Waals surface area contributed by atoms with Crippen LogP contribution in [0.25, 0.3) is 0 Å². The lowest BCUT2D eigenvalue weighted by molar-refractivity contribution is 0.397. The molecule has 1 aromatic carbocycles. The Morgan fingerprint density at radius 2 is 1.94 bits per heavy atom. The van der Waals surface area contributed by atoms with Crippen LogP contribution in [0.5, 0.6) is 5.75 Å². The fraction of sp³-hybridized carbons (Fsp3) is 0.462. The molecule has 0 aliphatic heterocycles. The maximum atomic E-state index is 8.85. The molecule has 0 bridgehead atoms. The van der Waals surface area contributed by atoms with Gasteiger partial charge in [-0.05, 0) is 23.6 Å². The molecule has 1 rings (SSSR count). The summed E-state index contributed by atoms with van der Waals surface area (Å²) in [5, 5.41) is 8.85. The van der Waals surface area contributed by atoms with E-state index >= 15 is 0 Å². The van der Waals surface area contributed by atoms with E-state index in [1.807, 2.05) is 18.2 Å². The summed E-state index contributed by atoms with van der Waals surface area (Å²) in [4.78, 5) is 1.54. The van der Waals surface area contributed by atoms with Gasteiger partial charge in [0.2, 0.25) is 0 Å². The zero-order chi connectivity index (χ0) is 12.3. The van der Waals surface area contributed by atoms with Crippen LogP contribution in [0.4, 0.5) is 5.69 Å². The van der Waals surface area contributed by atoms with Crippen LogP contribution < -0.4 is 9.64 Å². The molecule has 0 aromatic heterocycles. The van der Waals surface area contributed by atoms with E-state index in [2.05, 4.69) is 27.0 Å². The molecular formula is C13H18N2O. The number of hydrogen-bond acceptors (Lipinski definition) is 3. The lowest BCUT2D eigenvalue weighted by Crippen LogP contribution is -2.15. The maximum absolute atomic E-state index is 8.85. The van der Waals surface area contributed by atoms with Crippen LogP contribution in [0.1, 0.15) is 26.3 Å². The predicted octanol–water partition coefficient (Wildman–Crippen LogP) is 2.91. The molecule has 3 nitrogen and oxygen atoms in total. The summed E-state index contributed by atoms with van der Waals surface area (Å²) in [5.74, 6) is 0.864. The number of ether oxygens (including phenoxy) is 1. The SMILES string of the molecule is COc1ccc(N(C)C#N)cc1C(C)(C)C. The molecule has 16 heavy (non-hydrogen) atoms. The smallest absolute Gasteiger partial charge is 0.183 e. The van der Waals surface area contributed by atoms with Crippen molar-refractivity contribution in [3.8, 4) is 11.9 Å². The fourth-order valence-electron chi connectivity index (χ4n) is 1.55. The van der Waals surface area contributed by atoms with Gasteiger partial charge in [-0.3, -0.25) is 4.90 Å². The first-order chi connectivity index (χ1) is 7.40. The Balaban J connectivity index is 3.28. The Morgan fingerprint density at radius 1 is 1.31 bits per heavy atom. The minimum atomic E-state index is -0.00233. The van der Waals surface area contributed by atoms with Gasteiger partial charge >= 0.3 is 0 Å². The summed E-state index contributed by atoms with van der Waals surface area (Å²) in [7, 11) is 3.41. The van der Waals surface area contributed by atoms with Crippen LogP contribution in [-0.2, 0) is 5.41 Å². The highest BCUT2D eigenvalue weighted by Crippen LogP contribution is 2.34. The van der Waals surface area contributed by atoms with E-state index in [0.29, 0.717) is 0 Å². The predicted molar refractivity (Wildman–Crippen MR) is 65.7 cm³/mol. The summed E-state index contributed by atoms with van der Waals surface area (Å²) in [6.07, 6.45) is 2.09. The summed E-state index contributed by atoms with van der Waals surface area (Å²) < 4.78 is 5.34. The third-order valence-electron chi connectivity index (χ3n) is 2.53. The number of nitriles is 1. The van der Waals surface area contributed by atoms with Gasteiger partial charge in [0.15, 0.2) is 6.19 Å². The molecule has 0 atom stereocenters. The quantitative estimate of drug-likeness (QED) is 0.565. The molecule has 0 radical (unpaired) electrons. The molecule has 0 spiro atoms. The average Bonchev–Trinajstić information content (AvgIpc) is 2.26. The molecular weight excluding hydrogens is 200 g/mol. The van der Waals surface area contributed by atoms with Gasteiger partial charge in [-0.1, -0.05) is 20.8 Å². The lowest BCUT2D eigenvalue weighted by atomic mass is 9.86. The first-order valence-corrected chi connectivity index (χ1v) is 5.22. The second kappa shape index (κ2) is 4.44. The van der Waals surface area contributed by atoms with Crippen molar-refractivity contribution in [2.24, 2.45) is 0 Å². The van der Waals surface area contributed by atoms with Crippen LogP contribution in [0.15, 0.2) is 18.2 Å². The second-order valence-corrected chi connectivity index (χ2v) is 4.79. The number of methoxy groups -OCH3 is 1. The van der Waals surface area contributed by atoms with Crippen molar-refractivity contribution in [1.29, 1.82) is 5.26 Å². The maximum Gasteiger partial charge on any atom is 0.183 e. The summed E-state index contributed by atoms with van der Waals surface area (Å²) in [6.45, 7) is 6.38. The minimum absolute atomic E-state index is 0.00233. The molecule has 0 amide bonds. The molecule has 3 heteroatoms. The Kier molecular flexibility index (Phi) is 3.44. The van der Waals surface area contributed by atoms with Crippen molar-refractivity contribution in [1.82, 2.24) is 0 Å². The second-order valence-electron chi connectivity index (χ2n) is 4.79. The Labute approximate surface area is 97.3 Å². The largest absolute Gasteiger partial charge is 0.496 e. The Hall–Kier alpha value is -1.69. The fourth-order valence-corrected chi connectivity index (χ4v) is 1.55. The van der Waals surface area contributed by atoms with Crippen molar-refractivity contribution >= 4 is 5.69 Å². The molecule has 0 saturated carbocycles. The number of nitrogens with zero attached hydrogens (tertiary/aromatic N) is 2. The highest BCUT2D eigenvalue weighted by molar-refractivity contribution is 5.56. The minimum Gasteiger partial charge on any atom is -0.496 e. The summed E-state index contributed by atoms with van der Waals surface area (Å²) in [6, 6.07) is 5.79. The monoisotopic (exact) mass is 218 g/mol. The van der Waals surface area contributed by atoms with E-state index in [1.165, 1.54) is 4.90 Å². The Bertz CT molecular complexity index is 413. The zero-order valence-electron chi connectivity index (χ0n) is 10.5. The van der Waals surface area contributed by atoms with Gasteiger partial charge in [0.05, 0.1) is 12.8 Å². The van der Waals surface area contributed by atoms with E-state index in [-0.39, 0.29) is 5.41 Å². The van der Waals surface area contributed by atoms with Gasteiger partial charge in [-0.2, -0.15) is 5.26 Å².